The van der Waals surface area contributed by atoms with Gasteiger partial charge in [-0.25, -0.2) is 0 Å². The Morgan fingerprint density at radius 1 is 1.50 bits per heavy atom. The van der Waals surface area contributed by atoms with Crippen molar-refractivity contribution in [3.63, 3.8) is 0 Å². The highest BCUT2D eigenvalue weighted by atomic mass is 16.3. The van der Waals surface area contributed by atoms with Crippen LogP contribution < -0.4 is 0 Å². The molecule has 1 rings (SSSR count). The van der Waals surface area contributed by atoms with Crippen LogP contribution in [0.1, 0.15) is 12.8 Å². The molecule has 1 heteroatoms. The molecule has 0 amide bonds. The summed E-state index contributed by atoms with van der Waals surface area (Å²) in [6.07, 6.45) is 2.64. The highest BCUT2D eigenvalue weighted by Gasteiger charge is 2.21. The number of hydrogen-bond acceptors (Lipinski definition) is 0. The van der Waals surface area contributed by atoms with Gasteiger partial charge in [0.05, 0.1) is 0 Å². The van der Waals surface area contributed by atoms with E-state index in [0.29, 0.717) is 6.10 Å². The molecule has 0 aromatic carbocycles. The molecule has 0 bridgehead atoms. The summed E-state index contributed by atoms with van der Waals surface area (Å²) in [5.74, 6) is 0. The molecule has 4 heavy (non-hydrogen) atoms. The van der Waals surface area contributed by atoms with Crippen LogP contribution in [-0.2, 0) is 0 Å². The average molecular weight is 59.1 g/mol. The van der Waals surface area contributed by atoms with E-state index in [1.165, 1.54) is 0 Å². The molecule has 24 valence electrons. The largest absolute Gasteiger partial charge is 0.443 e. The van der Waals surface area contributed by atoms with Crippen molar-refractivity contribution in [2.75, 3.05) is 0 Å². The van der Waals surface area contributed by atoms with Crippen LogP contribution in [0.2, 0.25) is 0 Å². The van der Waals surface area contributed by atoms with E-state index < -0.39 is 0 Å². The van der Waals surface area contributed by atoms with Gasteiger partial charge in [0.25, 0.3) is 0 Å². The summed E-state index contributed by atoms with van der Waals surface area (Å²) in [5.41, 5.74) is 0. The lowest BCUT2D eigenvalue weighted by Crippen LogP contribution is -1.65. The summed E-state index contributed by atoms with van der Waals surface area (Å²) < 4.78 is 0. The predicted octanol–water partition coefficient (Wildman–Crippen LogP) is -0.127. The first-order valence-electron chi connectivity index (χ1n) is 1.61. The maximum absolute atomic E-state index is 6.69. The van der Waals surface area contributed by atoms with Gasteiger partial charge in [-0.1, -0.05) is 0 Å². The molecule has 0 unspecified atom stereocenters. The second kappa shape index (κ2) is 0.462. The third kappa shape index (κ3) is 0.206. The Morgan fingerprint density at radius 2 is 1.75 bits per heavy atom. The topological polar surface area (TPSA) is 22.9 Å². The minimum absolute atomic E-state index is 0.333. The van der Waals surface area contributed by atoms with Crippen LogP contribution in [0.4, 0.5) is 0 Å². The summed E-state index contributed by atoms with van der Waals surface area (Å²) in [6, 6.07) is 0. The molecule has 0 atom stereocenters. The molecule has 0 aromatic heterocycles. The normalized spacial score (nSPS) is 26.2. The molecule has 0 saturated heterocycles. The Hall–Kier alpha value is -0.0400. The predicted molar refractivity (Wildman–Crippen MR) is 16.6 cm³/mol. The minimum atomic E-state index is 0.333. The molecule has 1 aliphatic carbocycles. The standard InChI is InChI=1S/C3H6O/c4-3-1-2-3/h3-4H,1-2H2/p+1. The maximum atomic E-state index is 6.69. The van der Waals surface area contributed by atoms with E-state index in [9.17, 15) is 0 Å². The van der Waals surface area contributed by atoms with Crippen LogP contribution in [0.5, 0.6) is 0 Å². The van der Waals surface area contributed by atoms with E-state index in [1.54, 1.807) is 0 Å². The summed E-state index contributed by atoms with van der Waals surface area (Å²) in [4.78, 5) is 0. The van der Waals surface area contributed by atoms with E-state index in [1.807, 2.05) is 0 Å². The molecule has 0 radical (unpaired) electrons. The van der Waals surface area contributed by atoms with Gasteiger partial charge in [-0.3, -0.25) is 0 Å². The molecule has 2 N–H and O–H groups in total. The van der Waals surface area contributed by atoms with Crippen molar-refractivity contribution in [2.24, 2.45) is 0 Å². The van der Waals surface area contributed by atoms with Crippen molar-refractivity contribution in [3.05, 3.63) is 0 Å². The monoisotopic (exact) mass is 59.0 g/mol. The van der Waals surface area contributed by atoms with Crippen molar-refractivity contribution >= 4 is 0 Å². The lowest BCUT2D eigenvalue weighted by molar-refractivity contribution is 0.279. The highest BCUT2D eigenvalue weighted by molar-refractivity contribution is 4.68. The van der Waals surface area contributed by atoms with Gasteiger partial charge in [-0.2, -0.15) is 0 Å². The van der Waals surface area contributed by atoms with Crippen molar-refractivity contribution in [2.45, 2.75) is 18.9 Å². The van der Waals surface area contributed by atoms with Gasteiger partial charge < -0.3 is 5.11 Å². The number of rotatable bonds is 0. The Morgan fingerprint density at radius 3 is 1.75 bits per heavy atom. The molecule has 0 aliphatic heterocycles. The van der Waals surface area contributed by atoms with Crippen molar-refractivity contribution < 1.29 is 5.11 Å². The van der Waals surface area contributed by atoms with Crippen LogP contribution in [0.25, 0.3) is 0 Å². The second-order valence-electron chi connectivity index (χ2n) is 1.27. The number of hydrogen-bond donors (Lipinski definition) is 0. The quantitative estimate of drug-likeness (QED) is 0.347. The van der Waals surface area contributed by atoms with Gasteiger partial charge >= 0.3 is 0 Å². The molecular formula is C3H7O+. The third-order valence-corrected chi connectivity index (χ3v) is 0.577. The van der Waals surface area contributed by atoms with Gasteiger partial charge in [0.15, 0.2) is 6.10 Å². The van der Waals surface area contributed by atoms with Gasteiger partial charge in [0.1, 0.15) is 0 Å². The molecule has 1 fully saturated rings. The zero-order valence-corrected chi connectivity index (χ0v) is 2.49. The van der Waals surface area contributed by atoms with Gasteiger partial charge in [-0.05, 0) is 0 Å². The van der Waals surface area contributed by atoms with Crippen LogP contribution in [0.3, 0.4) is 0 Å². The zero-order valence-electron chi connectivity index (χ0n) is 2.49. The lowest BCUT2D eigenvalue weighted by atomic mass is 10.9. The summed E-state index contributed by atoms with van der Waals surface area (Å²) in [6.45, 7) is 0. The van der Waals surface area contributed by atoms with Crippen molar-refractivity contribution in [3.8, 4) is 0 Å². The fraction of sp³-hybridized carbons (Fsp3) is 1.00. The zero-order chi connectivity index (χ0) is 2.99. The SMILES string of the molecule is [OH2+]C1CC1. The Bertz CT molecular complexity index is 22.5. The Kier molecular flexibility index (Phi) is 0.256. The van der Waals surface area contributed by atoms with Crippen molar-refractivity contribution in [1.29, 1.82) is 0 Å². The third-order valence-electron chi connectivity index (χ3n) is 0.577. The average Bonchev–Trinajstić information content (AvgIpc) is 1.75. The fourth-order valence-corrected chi connectivity index (χ4v) is 0.0833. The van der Waals surface area contributed by atoms with Crippen LogP contribution in [-0.4, -0.2) is 11.2 Å². The van der Waals surface area contributed by atoms with Crippen LogP contribution in [0.15, 0.2) is 0 Å². The van der Waals surface area contributed by atoms with E-state index in [4.69, 9.17) is 5.11 Å². The van der Waals surface area contributed by atoms with E-state index in [2.05, 4.69) is 0 Å². The first-order chi connectivity index (χ1) is 1.89. The Balaban J connectivity index is 2.17. The molecular weight excluding hydrogens is 52.0 g/mol. The lowest BCUT2D eigenvalue weighted by Gasteiger charge is -1.54. The van der Waals surface area contributed by atoms with Crippen molar-refractivity contribution in [1.82, 2.24) is 0 Å². The summed E-state index contributed by atoms with van der Waals surface area (Å²) in [5, 5.41) is 6.69. The first-order valence-corrected chi connectivity index (χ1v) is 1.61. The van der Waals surface area contributed by atoms with Gasteiger partial charge in [0, 0.05) is 12.8 Å². The van der Waals surface area contributed by atoms with Gasteiger partial charge in [0.2, 0.25) is 0 Å². The minimum Gasteiger partial charge on any atom is -0.443 e. The van der Waals surface area contributed by atoms with Crippen LogP contribution in [0, 0.1) is 0 Å². The maximum Gasteiger partial charge on any atom is 0.154 e. The van der Waals surface area contributed by atoms with E-state index in [-0.39, 0.29) is 0 Å². The van der Waals surface area contributed by atoms with E-state index in [0.717, 1.165) is 12.8 Å². The van der Waals surface area contributed by atoms with Gasteiger partial charge in [-0.15, -0.1) is 0 Å². The fourth-order valence-electron chi connectivity index (χ4n) is 0.0833. The molecule has 0 heterocycles. The summed E-state index contributed by atoms with van der Waals surface area (Å²) >= 11 is 0. The Labute approximate surface area is 25.3 Å². The van der Waals surface area contributed by atoms with E-state index >= 15 is 0 Å². The first kappa shape index (κ1) is 2.21. The smallest absolute Gasteiger partial charge is 0.154 e. The highest BCUT2D eigenvalue weighted by Crippen LogP contribution is 2.16. The summed E-state index contributed by atoms with van der Waals surface area (Å²) in [7, 11) is 0. The van der Waals surface area contributed by atoms with Crippen LogP contribution >= 0.6 is 0 Å². The molecule has 1 aliphatic rings. The molecule has 1 saturated carbocycles. The molecule has 1 nitrogen and oxygen atoms in total. The molecule has 0 spiro atoms. The second-order valence-corrected chi connectivity index (χ2v) is 1.27. The molecule has 0 aromatic rings.